The number of ether oxygens (including phenoxy) is 4. The van der Waals surface area contributed by atoms with Gasteiger partial charge in [0.15, 0.2) is 0 Å². The third-order valence-electron chi connectivity index (χ3n) is 2.85. The molecule has 0 rings (SSSR count). The quantitative estimate of drug-likeness (QED) is 0.379. The van der Waals surface area contributed by atoms with Crippen LogP contribution in [0.3, 0.4) is 0 Å². The first kappa shape index (κ1) is 22.3. The largest absolute Gasteiger partial charge is 0.394 e. The molecule has 0 aliphatic heterocycles. The lowest BCUT2D eigenvalue weighted by atomic mass is 10.1. The highest BCUT2D eigenvalue weighted by Crippen LogP contribution is 2.02. The Hall–Kier alpha value is -0.730. The standard InChI is InChI=1S/C16H33NO6/c1-15(2)4-3-7-20-8-5-17-16(19)14-23-13-12-22-11-10-21-9-6-18/h15,18H,3-14H2,1-2H3,(H,17,19). The van der Waals surface area contributed by atoms with E-state index in [9.17, 15) is 4.79 Å². The van der Waals surface area contributed by atoms with E-state index in [4.69, 9.17) is 24.1 Å². The lowest BCUT2D eigenvalue weighted by Gasteiger charge is -2.08. The van der Waals surface area contributed by atoms with Crippen LogP contribution in [0.1, 0.15) is 26.7 Å². The molecule has 0 fully saturated rings. The zero-order chi connectivity index (χ0) is 17.2. The Balaban J connectivity index is 3.16. The number of hydrogen-bond acceptors (Lipinski definition) is 6. The molecule has 0 heterocycles. The molecule has 0 aromatic rings. The predicted molar refractivity (Wildman–Crippen MR) is 87.4 cm³/mol. The van der Waals surface area contributed by atoms with Gasteiger partial charge in [0, 0.05) is 13.2 Å². The van der Waals surface area contributed by atoms with Crippen molar-refractivity contribution in [1.29, 1.82) is 0 Å². The van der Waals surface area contributed by atoms with Gasteiger partial charge in [-0.1, -0.05) is 13.8 Å². The van der Waals surface area contributed by atoms with E-state index in [2.05, 4.69) is 19.2 Å². The molecule has 0 aromatic heterocycles. The number of rotatable bonds is 17. The van der Waals surface area contributed by atoms with Crippen molar-refractivity contribution in [3.05, 3.63) is 0 Å². The Bertz CT molecular complexity index is 263. The van der Waals surface area contributed by atoms with Crippen LogP contribution in [0.5, 0.6) is 0 Å². The maximum atomic E-state index is 11.5. The first-order valence-corrected chi connectivity index (χ1v) is 8.35. The number of amides is 1. The van der Waals surface area contributed by atoms with Crippen molar-refractivity contribution in [3.63, 3.8) is 0 Å². The van der Waals surface area contributed by atoms with Gasteiger partial charge in [-0.25, -0.2) is 0 Å². The number of aliphatic hydroxyl groups excluding tert-OH is 1. The van der Waals surface area contributed by atoms with E-state index in [0.717, 1.165) is 19.4 Å². The van der Waals surface area contributed by atoms with Gasteiger partial charge in [0.1, 0.15) is 6.61 Å². The van der Waals surface area contributed by atoms with E-state index in [1.54, 1.807) is 0 Å². The number of carbonyl (C=O) groups is 1. The summed E-state index contributed by atoms with van der Waals surface area (Å²) in [5, 5.41) is 11.2. The Morgan fingerprint density at radius 1 is 0.913 bits per heavy atom. The normalized spacial score (nSPS) is 11.1. The molecule has 0 saturated heterocycles. The van der Waals surface area contributed by atoms with Crippen LogP contribution in [-0.4, -0.2) is 77.0 Å². The minimum Gasteiger partial charge on any atom is -0.394 e. The average molecular weight is 335 g/mol. The van der Waals surface area contributed by atoms with Crippen LogP contribution < -0.4 is 5.32 Å². The van der Waals surface area contributed by atoms with Crippen molar-refractivity contribution in [2.75, 3.05) is 66.0 Å². The van der Waals surface area contributed by atoms with Gasteiger partial charge in [0.05, 0.1) is 46.2 Å². The predicted octanol–water partition coefficient (Wildman–Crippen LogP) is 0.598. The van der Waals surface area contributed by atoms with Gasteiger partial charge in [0.25, 0.3) is 0 Å². The van der Waals surface area contributed by atoms with Crippen LogP contribution in [0.25, 0.3) is 0 Å². The lowest BCUT2D eigenvalue weighted by Crippen LogP contribution is -2.31. The summed E-state index contributed by atoms with van der Waals surface area (Å²) in [5.41, 5.74) is 0. The summed E-state index contributed by atoms with van der Waals surface area (Å²) in [6.45, 7) is 8.18. The van der Waals surface area contributed by atoms with E-state index in [1.807, 2.05) is 0 Å². The van der Waals surface area contributed by atoms with E-state index in [0.29, 0.717) is 52.1 Å². The average Bonchev–Trinajstić information content (AvgIpc) is 2.52. The second-order valence-electron chi connectivity index (χ2n) is 5.50. The number of nitrogens with one attached hydrogen (secondary N) is 1. The maximum absolute atomic E-state index is 11.5. The molecule has 0 unspecified atom stereocenters. The smallest absolute Gasteiger partial charge is 0.246 e. The van der Waals surface area contributed by atoms with Crippen molar-refractivity contribution in [2.24, 2.45) is 5.92 Å². The lowest BCUT2D eigenvalue weighted by molar-refractivity contribution is -0.126. The second kappa shape index (κ2) is 17.6. The zero-order valence-electron chi connectivity index (χ0n) is 14.6. The molecule has 0 aliphatic rings. The summed E-state index contributed by atoms with van der Waals surface area (Å²) >= 11 is 0. The molecular formula is C16H33NO6. The minimum atomic E-state index is -0.151. The maximum Gasteiger partial charge on any atom is 0.246 e. The third kappa shape index (κ3) is 19.2. The first-order valence-electron chi connectivity index (χ1n) is 8.35. The summed E-state index contributed by atoms with van der Waals surface area (Å²) < 4.78 is 20.9. The highest BCUT2D eigenvalue weighted by molar-refractivity contribution is 5.77. The number of aliphatic hydroxyl groups is 1. The van der Waals surface area contributed by atoms with E-state index >= 15 is 0 Å². The fraction of sp³-hybridized carbons (Fsp3) is 0.938. The van der Waals surface area contributed by atoms with Crippen molar-refractivity contribution in [3.8, 4) is 0 Å². The number of carbonyl (C=O) groups excluding carboxylic acids is 1. The Labute approximate surface area is 139 Å². The molecule has 0 saturated carbocycles. The van der Waals surface area contributed by atoms with E-state index in [1.165, 1.54) is 0 Å². The van der Waals surface area contributed by atoms with Crippen LogP contribution in [0.15, 0.2) is 0 Å². The highest BCUT2D eigenvalue weighted by atomic mass is 16.5. The molecule has 23 heavy (non-hydrogen) atoms. The molecule has 0 atom stereocenters. The van der Waals surface area contributed by atoms with Crippen LogP contribution >= 0.6 is 0 Å². The SMILES string of the molecule is CC(C)CCCOCCNC(=O)COCCOCCOCCO. The Morgan fingerprint density at radius 3 is 2.17 bits per heavy atom. The van der Waals surface area contributed by atoms with Gasteiger partial charge in [-0.05, 0) is 18.8 Å². The molecule has 0 aliphatic carbocycles. The summed E-state index contributed by atoms with van der Waals surface area (Å²) in [7, 11) is 0. The summed E-state index contributed by atoms with van der Waals surface area (Å²) in [6.07, 6.45) is 2.22. The van der Waals surface area contributed by atoms with Gasteiger partial charge in [-0.15, -0.1) is 0 Å². The molecule has 2 N–H and O–H groups in total. The molecule has 0 bridgehead atoms. The molecule has 0 aromatic carbocycles. The third-order valence-corrected chi connectivity index (χ3v) is 2.85. The first-order chi connectivity index (χ1) is 11.2. The molecular weight excluding hydrogens is 302 g/mol. The van der Waals surface area contributed by atoms with Crippen LogP contribution in [0.2, 0.25) is 0 Å². The van der Waals surface area contributed by atoms with Crippen molar-refractivity contribution in [1.82, 2.24) is 5.32 Å². The molecule has 1 amide bonds. The highest BCUT2D eigenvalue weighted by Gasteiger charge is 2.01. The van der Waals surface area contributed by atoms with Crippen molar-refractivity contribution in [2.45, 2.75) is 26.7 Å². The Morgan fingerprint density at radius 2 is 1.52 bits per heavy atom. The van der Waals surface area contributed by atoms with Gasteiger partial charge in [0.2, 0.25) is 5.91 Å². The van der Waals surface area contributed by atoms with E-state index in [-0.39, 0.29) is 19.1 Å². The molecule has 7 heteroatoms. The van der Waals surface area contributed by atoms with Crippen molar-refractivity contribution < 1.29 is 28.8 Å². The minimum absolute atomic E-state index is 0.0151. The molecule has 0 spiro atoms. The topological polar surface area (TPSA) is 86.3 Å². The molecule has 0 radical (unpaired) electrons. The molecule has 138 valence electrons. The second-order valence-corrected chi connectivity index (χ2v) is 5.50. The van der Waals surface area contributed by atoms with Gasteiger partial charge in [-0.2, -0.15) is 0 Å². The Kier molecular flexibility index (Phi) is 17.1. The fourth-order valence-corrected chi connectivity index (χ4v) is 1.68. The summed E-state index contributed by atoms with van der Waals surface area (Å²) in [4.78, 5) is 11.5. The molecule has 7 nitrogen and oxygen atoms in total. The van der Waals surface area contributed by atoms with Gasteiger partial charge >= 0.3 is 0 Å². The number of hydrogen-bond donors (Lipinski definition) is 2. The van der Waals surface area contributed by atoms with E-state index < -0.39 is 0 Å². The fourth-order valence-electron chi connectivity index (χ4n) is 1.68. The van der Waals surface area contributed by atoms with Gasteiger partial charge < -0.3 is 29.4 Å². The van der Waals surface area contributed by atoms with Crippen LogP contribution in [-0.2, 0) is 23.7 Å². The zero-order valence-corrected chi connectivity index (χ0v) is 14.6. The summed E-state index contributed by atoms with van der Waals surface area (Å²) in [6, 6.07) is 0. The monoisotopic (exact) mass is 335 g/mol. The van der Waals surface area contributed by atoms with Crippen molar-refractivity contribution >= 4 is 5.91 Å². The van der Waals surface area contributed by atoms with Gasteiger partial charge in [-0.3, -0.25) is 4.79 Å². The summed E-state index contributed by atoms with van der Waals surface area (Å²) in [5.74, 6) is 0.551. The van der Waals surface area contributed by atoms with Crippen LogP contribution in [0.4, 0.5) is 0 Å². The van der Waals surface area contributed by atoms with Crippen LogP contribution in [0, 0.1) is 5.92 Å².